The lowest BCUT2D eigenvalue weighted by Crippen LogP contribution is -2.29. The SMILES string of the molecule is Cc1ccc(NC(=O)C(=O)Nc2ccc(C)c(C(=O)Nc3c(O)c(S(=O)(=O)O)cc4ccccc34)c2)cc1C(=O)Nc1c(O)c(S(=O)(=O)O)cc2ccccc12. The maximum Gasteiger partial charge on any atom is 0.314 e. The Morgan fingerprint density at radius 3 is 1.21 bits per heavy atom. The summed E-state index contributed by atoms with van der Waals surface area (Å²) in [7, 11) is -9.77. The molecule has 0 atom stereocenters. The summed E-state index contributed by atoms with van der Waals surface area (Å²) >= 11 is 0. The lowest BCUT2D eigenvalue weighted by Gasteiger charge is -2.15. The number of fused-ring (bicyclic) bond motifs is 2. The van der Waals surface area contributed by atoms with E-state index in [1.807, 2.05) is 0 Å². The number of aryl methyl sites for hydroxylation is 2. The van der Waals surface area contributed by atoms with Crippen molar-refractivity contribution in [1.82, 2.24) is 0 Å². The monoisotopic (exact) mass is 798 g/mol. The van der Waals surface area contributed by atoms with Crippen LogP contribution in [0.5, 0.6) is 11.5 Å². The molecule has 8 N–H and O–H groups in total. The second-order valence-electron chi connectivity index (χ2n) is 12.5. The topological polar surface area (TPSA) is 266 Å². The second kappa shape index (κ2) is 14.8. The first-order chi connectivity index (χ1) is 26.3. The maximum atomic E-state index is 13.5. The molecule has 0 spiro atoms. The Balaban J connectivity index is 1.20. The molecule has 16 nitrogen and oxygen atoms in total. The summed E-state index contributed by atoms with van der Waals surface area (Å²) in [5.41, 5.74) is 0.161. The van der Waals surface area contributed by atoms with E-state index in [-0.39, 0.29) is 55.4 Å². The smallest absolute Gasteiger partial charge is 0.314 e. The van der Waals surface area contributed by atoms with Gasteiger partial charge in [0.2, 0.25) is 0 Å². The molecule has 6 aromatic rings. The molecule has 0 heterocycles. The largest absolute Gasteiger partial charge is 0.504 e. The van der Waals surface area contributed by atoms with Crippen molar-refractivity contribution in [3.63, 3.8) is 0 Å². The first kappa shape index (κ1) is 38.9. The molecule has 0 saturated heterocycles. The summed E-state index contributed by atoms with van der Waals surface area (Å²) in [5.74, 6) is -5.79. The number of phenolic OH excluding ortho intramolecular Hbond substituents is 2. The van der Waals surface area contributed by atoms with Crippen LogP contribution in [0.15, 0.2) is 107 Å². The molecule has 56 heavy (non-hydrogen) atoms. The van der Waals surface area contributed by atoms with Crippen LogP contribution >= 0.6 is 0 Å². The molecule has 0 aliphatic heterocycles. The van der Waals surface area contributed by atoms with Gasteiger partial charge in [0.05, 0.1) is 11.4 Å². The molecule has 18 heteroatoms. The number of hydrogen-bond donors (Lipinski definition) is 8. The van der Waals surface area contributed by atoms with E-state index in [1.54, 1.807) is 38.1 Å². The molecular weight excluding hydrogens is 769 g/mol. The highest BCUT2D eigenvalue weighted by Crippen LogP contribution is 2.40. The Hall–Kier alpha value is -6.86. The molecule has 6 rings (SSSR count). The van der Waals surface area contributed by atoms with Crippen molar-refractivity contribution in [1.29, 1.82) is 0 Å². The molecule has 286 valence electrons. The van der Waals surface area contributed by atoms with Crippen LogP contribution < -0.4 is 21.3 Å². The minimum atomic E-state index is -4.89. The van der Waals surface area contributed by atoms with Crippen molar-refractivity contribution in [3.8, 4) is 11.5 Å². The minimum absolute atomic E-state index is 0.00444. The van der Waals surface area contributed by atoms with Crippen molar-refractivity contribution < 1.29 is 55.3 Å². The zero-order valence-corrected chi connectivity index (χ0v) is 30.7. The highest BCUT2D eigenvalue weighted by atomic mass is 32.2. The third kappa shape index (κ3) is 7.84. The molecule has 0 bridgehead atoms. The zero-order chi connectivity index (χ0) is 40.7. The van der Waals surface area contributed by atoms with E-state index in [1.165, 1.54) is 60.7 Å². The van der Waals surface area contributed by atoms with Gasteiger partial charge in [0.15, 0.2) is 11.5 Å². The van der Waals surface area contributed by atoms with Crippen molar-refractivity contribution in [3.05, 3.63) is 119 Å². The molecular formula is C38H30N4O12S2. The molecule has 6 aromatic carbocycles. The van der Waals surface area contributed by atoms with Crippen LogP contribution in [0.2, 0.25) is 0 Å². The lowest BCUT2D eigenvalue weighted by molar-refractivity contribution is -0.132. The van der Waals surface area contributed by atoms with Gasteiger partial charge in [-0.2, -0.15) is 16.8 Å². The number of benzene rings is 6. The summed E-state index contributed by atoms with van der Waals surface area (Å²) in [5, 5.41) is 32.3. The van der Waals surface area contributed by atoms with Gasteiger partial charge >= 0.3 is 11.8 Å². The second-order valence-corrected chi connectivity index (χ2v) is 15.2. The first-order valence-corrected chi connectivity index (χ1v) is 19.1. The van der Waals surface area contributed by atoms with Crippen LogP contribution in [-0.2, 0) is 29.8 Å². The molecule has 0 unspecified atom stereocenters. The highest BCUT2D eigenvalue weighted by Gasteiger charge is 2.26. The summed E-state index contributed by atoms with van der Waals surface area (Å²) in [6.45, 7) is 3.14. The third-order valence-electron chi connectivity index (χ3n) is 8.69. The van der Waals surface area contributed by atoms with Gasteiger partial charge < -0.3 is 31.5 Å². The van der Waals surface area contributed by atoms with E-state index in [0.717, 1.165) is 12.1 Å². The molecule has 0 radical (unpaired) electrons. The van der Waals surface area contributed by atoms with Gasteiger partial charge in [0.1, 0.15) is 9.79 Å². The number of carbonyl (C=O) groups excluding carboxylic acids is 4. The van der Waals surface area contributed by atoms with E-state index >= 15 is 0 Å². The van der Waals surface area contributed by atoms with Crippen LogP contribution in [0.3, 0.4) is 0 Å². The highest BCUT2D eigenvalue weighted by molar-refractivity contribution is 7.86. The Kier molecular flexibility index (Phi) is 10.2. The van der Waals surface area contributed by atoms with E-state index < -0.39 is 65.2 Å². The minimum Gasteiger partial charge on any atom is -0.504 e. The predicted octanol–water partition coefficient (Wildman–Crippen LogP) is 5.60. The number of anilines is 4. The fourth-order valence-electron chi connectivity index (χ4n) is 5.89. The average molecular weight is 799 g/mol. The molecule has 0 saturated carbocycles. The fraction of sp³-hybridized carbons (Fsp3) is 0.0526. The third-order valence-corrected chi connectivity index (χ3v) is 10.4. The van der Waals surface area contributed by atoms with Crippen LogP contribution in [0.4, 0.5) is 22.7 Å². The Morgan fingerprint density at radius 1 is 0.500 bits per heavy atom. The van der Waals surface area contributed by atoms with E-state index in [2.05, 4.69) is 21.3 Å². The summed E-state index contributed by atoms with van der Waals surface area (Å²) in [4.78, 5) is 51.3. The van der Waals surface area contributed by atoms with Crippen molar-refractivity contribution >= 4 is 88.2 Å². The number of phenols is 2. The van der Waals surface area contributed by atoms with Gasteiger partial charge in [0.25, 0.3) is 32.1 Å². The lowest BCUT2D eigenvalue weighted by atomic mass is 10.0. The number of amides is 4. The Bertz CT molecular complexity index is 2700. The summed E-state index contributed by atoms with van der Waals surface area (Å²) in [6, 6.07) is 22.8. The van der Waals surface area contributed by atoms with Gasteiger partial charge in [-0.05, 0) is 72.1 Å². The first-order valence-electron chi connectivity index (χ1n) is 16.2. The Labute approximate surface area is 318 Å². The molecule has 4 amide bonds. The van der Waals surface area contributed by atoms with E-state index in [9.17, 15) is 55.3 Å². The number of rotatable bonds is 8. The van der Waals surface area contributed by atoms with Gasteiger partial charge in [-0.25, -0.2) is 0 Å². The van der Waals surface area contributed by atoms with Gasteiger partial charge in [-0.1, -0.05) is 60.7 Å². The predicted molar refractivity (Wildman–Crippen MR) is 206 cm³/mol. The zero-order valence-electron chi connectivity index (χ0n) is 29.1. The van der Waals surface area contributed by atoms with Crippen molar-refractivity contribution in [2.24, 2.45) is 0 Å². The summed E-state index contributed by atoms with van der Waals surface area (Å²) < 4.78 is 67.1. The normalized spacial score (nSPS) is 11.6. The van der Waals surface area contributed by atoms with Gasteiger partial charge in [0, 0.05) is 33.3 Å². The van der Waals surface area contributed by atoms with Crippen LogP contribution in [0, 0.1) is 13.8 Å². The van der Waals surface area contributed by atoms with Gasteiger partial charge in [-0.15, -0.1) is 0 Å². The maximum absolute atomic E-state index is 13.5. The van der Waals surface area contributed by atoms with Gasteiger partial charge in [-0.3, -0.25) is 28.3 Å². The van der Waals surface area contributed by atoms with Crippen LogP contribution in [0.25, 0.3) is 21.5 Å². The van der Waals surface area contributed by atoms with E-state index in [4.69, 9.17) is 0 Å². The standard InChI is InChI=1S/C38H30N4O12S2/c1-19-11-13-23(17-27(19)35(45)41-31-25-9-5-3-7-21(25)15-29(33(31)43)55(49,50)51)39-37(47)38(48)40-24-14-12-20(2)28(18-24)36(46)42-32-26-10-6-4-8-22(26)16-30(34(32)44)56(52,53)54/h3-18,43-44H,1-2H3,(H,39,47)(H,40,48)(H,41,45)(H,42,46)(H,49,50,51)(H,52,53,54). The average Bonchev–Trinajstić information content (AvgIpc) is 3.14. The molecule has 0 aromatic heterocycles. The van der Waals surface area contributed by atoms with Crippen molar-refractivity contribution in [2.75, 3.05) is 21.3 Å². The number of carbonyl (C=O) groups is 4. The fourth-order valence-corrected chi connectivity index (χ4v) is 7.14. The number of aromatic hydroxyl groups is 2. The summed E-state index contributed by atoms with van der Waals surface area (Å²) in [6.07, 6.45) is 0. The van der Waals surface area contributed by atoms with Crippen LogP contribution in [-0.4, -0.2) is 59.8 Å². The molecule has 0 aliphatic rings. The Morgan fingerprint density at radius 2 is 0.857 bits per heavy atom. The molecule has 0 aliphatic carbocycles. The molecule has 0 fully saturated rings. The van der Waals surface area contributed by atoms with E-state index in [0.29, 0.717) is 11.1 Å². The number of nitrogens with one attached hydrogen (secondary N) is 4. The number of hydrogen-bond acceptors (Lipinski definition) is 10. The quantitative estimate of drug-likeness (QED) is 0.0532. The van der Waals surface area contributed by atoms with Crippen LogP contribution in [0.1, 0.15) is 31.8 Å². The van der Waals surface area contributed by atoms with Crippen molar-refractivity contribution in [2.45, 2.75) is 23.6 Å².